The van der Waals surface area contributed by atoms with Crippen molar-refractivity contribution in [2.24, 2.45) is 0 Å². The first kappa shape index (κ1) is 13.8. The summed E-state index contributed by atoms with van der Waals surface area (Å²) in [4.78, 5) is 0. The zero-order valence-corrected chi connectivity index (χ0v) is 11.4. The molecule has 1 nitrogen and oxygen atoms in total. The molecule has 0 amide bonds. The Kier molecular flexibility index (Phi) is 5.25. The first-order valence-corrected chi connectivity index (χ1v) is 6.37. The van der Waals surface area contributed by atoms with E-state index >= 15 is 0 Å². The zero-order valence-electron chi connectivity index (χ0n) is 11.4. The quantitative estimate of drug-likeness (QED) is 0.758. The topological polar surface area (TPSA) is 12.0 Å². The highest BCUT2D eigenvalue weighted by molar-refractivity contribution is 5.31. The lowest BCUT2D eigenvalue weighted by atomic mass is 10.0. The lowest BCUT2D eigenvalue weighted by molar-refractivity contribution is 0.495. The summed E-state index contributed by atoms with van der Waals surface area (Å²) < 4.78 is 0. The maximum Gasteiger partial charge on any atom is 0.0691 e. The van der Waals surface area contributed by atoms with Gasteiger partial charge in [-0.25, -0.2) is 0 Å². The first-order valence-electron chi connectivity index (χ1n) is 6.37. The van der Waals surface area contributed by atoms with Gasteiger partial charge < -0.3 is 0 Å². The SMILES string of the molecule is C#CC(CCC)NC(C)c1ccc(C)c(C)c1. The van der Waals surface area contributed by atoms with Gasteiger partial charge in [0.1, 0.15) is 0 Å². The van der Waals surface area contributed by atoms with Gasteiger partial charge in [0.2, 0.25) is 0 Å². The highest BCUT2D eigenvalue weighted by Gasteiger charge is 2.10. The molecule has 1 aromatic rings. The molecule has 0 aromatic heterocycles. The number of aryl methyl sites for hydroxylation is 2. The van der Waals surface area contributed by atoms with E-state index < -0.39 is 0 Å². The van der Waals surface area contributed by atoms with Crippen molar-refractivity contribution in [1.29, 1.82) is 0 Å². The Balaban J connectivity index is 2.72. The minimum atomic E-state index is 0.177. The normalized spacial score (nSPS) is 14.1. The van der Waals surface area contributed by atoms with Crippen molar-refractivity contribution in [3.05, 3.63) is 34.9 Å². The Morgan fingerprint density at radius 1 is 1.29 bits per heavy atom. The van der Waals surface area contributed by atoms with Gasteiger partial charge in [0, 0.05) is 6.04 Å². The third kappa shape index (κ3) is 3.91. The molecule has 2 unspecified atom stereocenters. The molecule has 0 saturated carbocycles. The minimum Gasteiger partial charge on any atom is -0.297 e. The van der Waals surface area contributed by atoms with E-state index in [0.29, 0.717) is 6.04 Å². The van der Waals surface area contributed by atoms with Gasteiger partial charge >= 0.3 is 0 Å². The summed E-state index contributed by atoms with van der Waals surface area (Å²) in [6.07, 6.45) is 7.67. The highest BCUT2D eigenvalue weighted by Crippen LogP contribution is 2.17. The molecule has 1 aromatic carbocycles. The molecule has 0 spiro atoms. The smallest absolute Gasteiger partial charge is 0.0691 e. The lowest BCUT2D eigenvalue weighted by Gasteiger charge is -2.20. The fourth-order valence-corrected chi connectivity index (χ4v) is 1.94. The number of terminal acetylenes is 1. The molecule has 0 fully saturated rings. The number of hydrogen-bond acceptors (Lipinski definition) is 1. The second kappa shape index (κ2) is 6.47. The largest absolute Gasteiger partial charge is 0.297 e. The lowest BCUT2D eigenvalue weighted by Crippen LogP contribution is -2.30. The fourth-order valence-electron chi connectivity index (χ4n) is 1.94. The van der Waals surface area contributed by atoms with Gasteiger partial charge in [0.25, 0.3) is 0 Å². The molecular formula is C16H23N. The molecule has 1 N–H and O–H groups in total. The number of nitrogens with one attached hydrogen (secondary N) is 1. The van der Waals surface area contributed by atoms with Crippen molar-refractivity contribution in [3.8, 4) is 12.3 Å². The van der Waals surface area contributed by atoms with Crippen LogP contribution in [-0.2, 0) is 0 Å². The molecule has 0 bridgehead atoms. The molecule has 0 aliphatic heterocycles. The van der Waals surface area contributed by atoms with E-state index in [1.54, 1.807) is 0 Å². The Labute approximate surface area is 106 Å². The number of rotatable bonds is 5. The average Bonchev–Trinajstić information content (AvgIpc) is 2.31. The van der Waals surface area contributed by atoms with Crippen molar-refractivity contribution < 1.29 is 0 Å². The summed E-state index contributed by atoms with van der Waals surface area (Å²) in [5.41, 5.74) is 3.98. The minimum absolute atomic E-state index is 0.177. The fraction of sp³-hybridized carbons (Fsp3) is 0.500. The third-order valence-corrected chi connectivity index (χ3v) is 3.26. The average molecular weight is 229 g/mol. The second-order valence-electron chi connectivity index (χ2n) is 4.74. The van der Waals surface area contributed by atoms with Gasteiger partial charge in [0.05, 0.1) is 6.04 Å². The highest BCUT2D eigenvalue weighted by atomic mass is 14.9. The molecular weight excluding hydrogens is 206 g/mol. The third-order valence-electron chi connectivity index (χ3n) is 3.26. The summed E-state index contributed by atoms with van der Waals surface area (Å²) in [5.74, 6) is 2.82. The maximum atomic E-state index is 5.53. The van der Waals surface area contributed by atoms with Crippen molar-refractivity contribution in [2.75, 3.05) is 0 Å². The van der Waals surface area contributed by atoms with Gasteiger partial charge in [-0.05, 0) is 43.9 Å². The van der Waals surface area contributed by atoms with E-state index in [0.717, 1.165) is 12.8 Å². The van der Waals surface area contributed by atoms with Gasteiger partial charge in [-0.1, -0.05) is 37.5 Å². The van der Waals surface area contributed by atoms with E-state index in [9.17, 15) is 0 Å². The monoisotopic (exact) mass is 229 g/mol. The molecule has 0 aliphatic rings. The van der Waals surface area contributed by atoms with Gasteiger partial charge in [-0.2, -0.15) is 0 Å². The van der Waals surface area contributed by atoms with E-state index in [-0.39, 0.29) is 6.04 Å². The van der Waals surface area contributed by atoms with E-state index in [4.69, 9.17) is 6.42 Å². The molecule has 1 heteroatoms. The molecule has 0 saturated heterocycles. The summed E-state index contributed by atoms with van der Waals surface area (Å²) in [7, 11) is 0. The van der Waals surface area contributed by atoms with Crippen LogP contribution < -0.4 is 5.32 Å². The van der Waals surface area contributed by atoms with Crippen molar-refractivity contribution in [1.82, 2.24) is 5.32 Å². The summed E-state index contributed by atoms with van der Waals surface area (Å²) in [6, 6.07) is 7.08. The standard InChI is InChI=1S/C16H23N/c1-6-8-16(7-2)17-14(5)15-10-9-12(3)13(4)11-15/h2,9-11,14,16-17H,6,8H2,1,3-5H3. The molecule has 17 heavy (non-hydrogen) atoms. The maximum absolute atomic E-state index is 5.53. The number of benzene rings is 1. The Hall–Kier alpha value is -1.26. The molecule has 2 atom stereocenters. The molecule has 1 rings (SSSR count). The molecule has 0 aliphatic carbocycles. The van der Waals surface area contributed by atoms with Crippen LogP contribution in [0.5, 0.6) is 0 Å². The number of hydrogen-bond donors (Lipinski definition) is 1. The summed E-state index contributed by atoms with van der Waals surface area (Å²) in [5, 5.41) is 3.49. The van der Waals surface area contributed by atoms with E-state index in [1.165, 1.54) is 16.7 Å². The van der Waals surface area contributed by atoms with Crippen molar-refractivity contribution in [2.45, 2.75) is 52.6 Å². The van der Waals surface area contributed by atoms with Crippen molar-refractivity contribution >= 4 is 0 Å². The molecule has 0 radical (unpaired) electrons. The zero-order chi connectivity index (χ0) is 12.8. The Bertz CT molecular complexity index is 400. The molecule has 92 valence electrons. The van der Waals surface area contributed by atoms with Gasteiger partial charge in [-0.15, -0.1) is 6.42 Å². The van der Waals surface area contributed by atoms with Crippen LogP contribution in [0.1, 0.15) is 49.4 Å². The Morgan fingerprint density at radius 3 is 2.53 bits per heavy atom. The van der Waals surface area contributed by atoms with E-state index in [1.807, 2.05) is 0 Å². The van der Waals surface area contributed by atoms with Crippen LogP contribution in [0.25, 0.3) is 0 Å². The van der Waals surface area contributed by atoms with Crippen LogP contribution in [0, 0.1) is 26.2 Å². The predicted octanol–water partition coefficient (Wildman–Crippen LogP) is 3.76. The Morgan fingerprint density at radius 2 is 2.00 bits per heavy atom. The predicted molar refractivity (Wildman–Crippen MR) is 75.0 cm³/mol. The first-order chi connectivity index (χ1) is 8.08. The van der Waals surface area contributed by atoms with Gasteiger partial charge in [-0.3, -0.25) is 5.32 Å². The van der Waals surface area contributed by atoms with Gasteiger partial charge in [0.15, 0.2) is 0 Å². The second-order valence-corrected chi connectivity index (χ2v) is 4.74. The van der Waals surface area contributed by atoms with Crippen LogP contribution >= 0.6 is 0 Å². The summed E-state index contributed by atoms with van der Waals surface area (Å²) in [6.45, 7) is 8.62. The van der Waals surface area contributed by atoms with Crippen LogP contribution in [0.15, 0.2) is 18.2 Å². The summed E-state index contributed by atoms with van der Waals surface area (Å²) >= 11 is 0. The van der Waals surface area contributed by atoms with Crippen LogP contribution in [0.4, 0.5) is 0 Å². The van der Waals surface area contributed by atoms with Crippen molar-refractivity contribution in [3.63, 3.8) is 0 Å². The van der Waals surface area contributed by atoms with E-state index in [2.05, 4.69) is 57.1 Å². The van der Waals surface area contributed by atoms with Crippen LogP contribution in [0.2, 0.25) is 0 Å². The van der Waals surface area contributed by atoms with Crippen LogP contribution in [0.3, 0.4) is 0 Å². The molecule has 0 heterocycles. The van der Waals surface area contributed by atoms with Crippen LogP contribution in [-0.4, -0.2) is 6.04 Å².